The van der Waals surface area contributed by atoms with Gasteiger partial charge in [0.2, 0.25) is 11.8 Å². The van der Waals surface area contributed by atoms with Crippen molar-refractivity contribution in [2.24, 2.45) is 0 Å². The molecule has 128 valence electrons. The van der Waals surface area contributed by atoms with Gasteiger partial charge in [-0.15, -0.1) is 10.2 Å². The highest BCUT2D eigenvalue weighted by molar-refractivity contribution is 5.74. The van der Waals surface area contributed by atoms with Gasteiger partial charge in [-0.05, 0) is 25.0 Å². The molecule has 0 spiro atoms. The maximum atomic E-state index is 11.9. The van der Waals surface area contributed by atoms with Crippen LogP contribution in [0.5, 0.6) is 0 Å². The van der Waals surface area contributed by atoms with Crippen molar-refractivity contribution in [2.75, 3.05) is 6.54 Å². The number of nitrogens with one attached hydrogen (secondary N) is 2. The summed E-state index contributed by atoms with van der Waals surface area (Å²) in [5.41, 5.74) is 0.869. The third-order valence-corrected chi connectivity index (χ3v) is 4.16. The first-order valence-electron chi connectivity index (χ1n) is 8.32. The molecular formula is C17H22N4O3. The molecule has 2 atom stereocenters. The van der Waals surface area contributed by atoms with E-state index in [1.54, 1.807) is 0 Å². The Balaban J connectivity index is 1.43. The van der Waals surface area contributed by atoms with Crippen LogP contribution in [0.25, 0.3) is 11.5 Å². The lowest BCUT2D eigenvalue weighted by Gasteiger charge is -2.28. The molecule has 0 bridgehead atoms. The second-order valence-electron chi connectivity index (χ2n) is 5.98. The molecule has 0 aliphatic heterocycles. The van der Waals surface area contributed by atoms with Crippen LogP contribution >= 0.6 is 0 Å². The van der Waals surface area contributed by atoms with Gasteiger partial charge in [0.25, 0.3) is 0 Å². The van der Waals surface area contributed by atoms with Crippen molar-refractivity contribution in [3.05, 3.63) is 36.2 Å². The van der Waals surface area contributed by atoms with E-state index in [9.17, 15) is 9.90 Å². The van der Waals surface area contributed by atoms with Crippen molar-refractivity contribution in [3.63, 3.8) is 0 Å². The maximum Gasteiger partial charge on any atom is 0.315 e. The van der Waals surface area contributed by atoms with E-state index in [1.807, 2.05) is 30.3 Å². The number of rotatable bonds is 5. The number of carbonyl (C=O) groups is 1. The van der Waals surface area contributed by atoms with Crippen LogP contribution in [0, 0.1) is 0 Å². The van der Waals surface area contributed by atoms with Gasteiger partial charge in [-0.25, -0.2) is 4.79 Å². The van der Waals surface area contributed by atoms with Gasteiger partial charge < -0.3 is 20.2 Å². The molecule has 0 radical (unpaired) electrons. The highest BCUT2D eigenvalue weighted by Gasteiger charge is 2.24. The average Bonchev–Trinajstić information content (AvgIpc) is 3.07. The lowest BCUT2D eigenvalue weighted by Crippen LogP contribution is -2.49. The van der Waals surface area contributed by atoms with Crippen molar-refractivity contribution >= 4 is 6.03 Å². The van der Waals surface area contributed by atoms with E-state index in [0.29, 0.717) is 24.7 Å². The second kappa shape index (κ2) is 7.92. The molecule has 1 heterocycles. The normalized spacial score (nSPS) is 20.5. The number of benzene rings is 1. The molecule has 0 saturated heterocycles. The summed E-state index contributed by atoms with van der Waals surface area (Å²) in [6.07, 6.45) is 3.62. The van der Waals surface area contributed by atoms with Crippen LogP contribution in [0.2, 0.25) is 0 Å². The Morgan fingerprint density at radius 3 is 2.79 bits per heavy atom. The minimum atomic E-state index is -0.450. The monoisotopic (exact) mass is 330 g/mol. The summed E-state index contributed by atoms with van der Waals surface area (Å²) in [5, 5.41) is 23.4. The van der Waals surface area contributed by atoms with Crippen molar-refractivity contribution in [1.82, 2.24) is 20.8 Å². The topological polar surface area (TPSA) is 100 Å². The Bertz CT molecular complexity index is 659. The van der Waals surface area contributed by atoms with Gasteiger partial charge in [-0.2, -0.15) is 0 Å². The minimum Gasteiger partial charge on any atom is -0.421 e. The number of amides is 2. The molecule has 1 aliphatic carbocycles. The third-order valence-electron chi connectivity index (χ3n) is 4.16. The number of aromatic nitrogens is 2. The molecule has 2 aromatic rings. The summed E-state index contributed by atoms with van der Waals surface area (Å²) in [6, 6.07) is 9.11. The first-order valence-corrected chi connectivity index (χ1v) is 8.32. The van der Waals surface area contributed by atoms with Crippen molar-refractivity contribution in [1.29, 1.82) is 0 Å². The quantitative estimate of drug-likeness (QED) is 0.777. The van der Waals surface area contributed by atoms with E-state index in [-0.39, 0.29) is 12.1 Å². The standard InChI is InChI=1S/C17H22N4O3/c22-14-9-5-4-8-13(14)19-17(23)18-11-10-15-20-21-16(24-15)12-6-2-1-3-7-12/h1-3,6-7,13-14,22H,4-5,8-11H2,(H2,18,19,23)/t13-,14+/m1/s1. The van der Waals surface area contributed by atoms with Gasteiger partial charge in [0.15, 0.2) is 0 Å². The van der Waals surface area contributed by atoms with Crippen molar-refractivity contribution < 1.29 is 14.3 Å². The molecule has 1 fully saturated rings. The van der Waals surface area contributed by atoms with E-state index in [0.717, 1.165) is 31.2 Å². The molecule has 24 heavy (non-hydrogen) atoms. The summed E-state index contributed by atoms with van der Waals surface area (Å²) in [6.45, 7) is 0.394. The van der Waals surface area contributed by atoms with Gasteiger partial charge in [0, 0.05) is 18.5 Å². The predicted molar refractivity (Wildman–Crippen MR) is 88.2 cm³/mol. The number of hydrogen-bond donors (Lipinski definition) is 3. The lowest BCUT2D eigenvalue weighted by molar-refractivity contribution is 0.0943. The molecule has 1 aromatic carbocycles. The summed E-state index contributed by atoms with van der Waals surface area (Å²) in [7, 11) is 0. The van der Waals surface area contributed by atoms with E-state index in [1.165, 1.54) is 0 Å². The number of aliphatic hydroxyl groups excluding tert-OH is 1. The molecule has 3 rings (SSSR count). The summed E-state index contributed by atoms with van der Waals surface area (Å²) in [4.78, 5) is 11.9. The molecule has 7 heteroatoms. The van der Waals surface area contributed by atoms with Crippen LogP contribution in [0.15, 0.2) is 34.7 Å². The van der Waals surface area contributed by atoms with E-state index < -0.39 is 6.10 Å². The van der Waals surface area contributed by atoms with Crippen LogP contribution in [0.1, 0.15) is 31.6 Å². The molecule has 7 nitrogen and oxygen atoms in total. The Morgan fingerprint density at radius 1 is 1.21 bits per heavy atom. The number of aliphatic hydroxyl groups is 1. The minimum absolute atomic E-state index is 0.160. The van der Waals surface area contributed by atoms with E-state index >= 15 is 0 Å². The Hall–Kier alpha value is -2.41. The number of nitrogens with zero attached hydrogens (tertiary/aromatic N) is 2. The number of carbonyl (C=O) groups excluding carboxylic acids is 1. The second-order valence-corrected chi connectivity index (χ2v) is 5.98. The average molecular weight is 330 g/mol. The van der Waals surface area contributed by atoms with Crippen LogP contribution in [-0.2, 0) is 6.42 Å². The summed E-state index contributed by atoms with van der Waals surface area (Å²) in [5.74, 6) is 0.951. The molecule has 2 amide bonds. The zero-order valence-electron chi connectivity index (χ0n) is 13.4. The van der Waals surface area contributed by atoms with Crippen LogP contribution in [-0.4, -0.2) is 40.0 Å². The molecule has 1 aliphatic rings. The first kappa shape index (κ1) is 16.4. The van der Waals surface area contributed by atoms with Gasteiger partial charge >= 0.3 is 6.03 Å². The fourth-order valence-corrected chi connectivity index (χ4v) is 2.83. The zero-order chi connectivity index (χ0) is 16.8. The smallest absolute Gasteiger partial charge is 0.315 e. The Morgan fingerprint density at radius 2 is 2.00 bits per heavy atom. The largest absolute Gasteiger partial charge is 0.421 e. The first-order chi connectivity index (χ1) is 11.7. The highest BCUT2D eigenvalue weighted by Crippen LogP contribution is 2.18. The summed E-state index contributed by atoms with van der Waals surface area (Å²) >= 11 is 0. The fraction of sp³-hybridized carbons (Fsp3) is 0.471. The Kier molecular flexibility index (Phi) is 5.43. The van der Waals surface area contributed by atoms with Gasteiger partial charge in [-0.1, -0.05) is 31.0 Å². The molecule has 1 saturated carbocycles. The van der Waals surface area contributed by atoms with Gasteiger partial charge in [0.05, 0.1) is 12.1 Å². The zero-order valence-corrected chi connectivity index (χ0v) is 13.4. The molecule has 1 aromatic heterocycles. The predicted octanol–water partition coefficient (Wildman–Crippen LogP) is 1.88. The van der Waals surface area contributed by atoms with E-state index in [4.69, 9.17) is 4.42 Å². The van der Waals surface area contributed by atoms with Crippen LogP contribution in [0.4, 0.5) is 4.79 Å². The van der Waals surface area contributed by atoms with E-state index in [2.05, 4.69) is 20.8 Å². The van der Waals surface area contributed by atoms with Crippen LogP contribution in [0.3, 0.4) is 0 Å². The van der Waals surface area contributed by atoms with Crippen molar-refractivity contribution in [3.8, 4) is 11.5 Å². The molecular weight excluding hydrogens is 308 g/mol. The Labute approximate surface area is 140 Å². The fourth-order valence-electron chi connectivity index (χ4n) is 2.83. The van der Waals surface area contributed by atoms with Crippen molar-refractivity contribution in [2.45, 2.75) is 44.2 Å². The highest BCUT2D eigenvalue weighted by atomic mass is 16.4. The van der Waals surface area contributed by atoms with Gasteiger partial charge in [0.1, 0.15) is 0 Å². The number of hydrogen-bond acceptors (Lipinski definition) is 5. The van der Waals surface area contributed by atoms with Crippen LogP contribution < -0.4 is 10.6 Å². The summed E-state index contributed by atoms with van der Waals surface area (Å²) < 4.78 is 5.58. The SMILES string of the molecule is O=C(NCCc1nnc(-c2ccccc2)o1)N[C@@H]1CCCC[C@@H]1O. The lowest BCUT2D eigenvalue weighted by atomic mass is 9.93. The maximum absolute atomic E-state index is 11.9. The molecule has 3 N–H and O–H groups in total. The van der Waals surface area contributed by atoms with Gasteiger partial charge in [-0.3, -0.25) is 0 Å². The number of urea groups is 1. The third kappa shape index (κ3) is 4.32. The molecule has 0 unspecified atom stereocenters.